The Morgan fingerprint density at radius 2 is 2.00 bits per heavy atom. The number of phenols is 1. The van der Waals surface area contributed by atoms with Gasteiger partial charge in [-0.15, -0.1) is 0 Å². The van der Waals surface area contributed by atoms with Gasteiger partial charge in [0.05, 0.1) is 5.56 Å². The van der Waals surface area contributed by atoms with Crippen LogP contribution in [0.15, 0.2) is 47.6 Å². The minimum absolute atomic E-state index is 0.245. The molecule has 2 heterocycles. The Hall–Kier alpha value is -2.56. The summed E-state index contributed by atoms with van der Waals surface area (Å²) in [6, 6.07) is 10.8. The second-order valence-corrected chi connectivity index (χ2v) is 4.58. The monoisotopic (exact) mass is 268 g/mol. The van der Waals surface area contributed by atoms with Crippen LogP contribution < -0.4 is 10.6 Å². The average molecular weight is 268 g/mol. The third-order valence-electron chi connectivity index (χ3n) is 3.09. The van der Waals surface area contributed by atoms with Crippen molar-refractivity contribution in [2.45, 2.75) is 6.42 Å². The molecule has 0 atom stereocenters. The lowest BCUT2D eigenvalue weighted by atomic mass is 10.2. The largest absolute Gasteiger partial charge is 0.508 e. The molecule has 3 N–H and O–H groups in total. The van der Waals surface area contributed by atoms with Crippen LogP contribution in [-0.2, 0) is 0 Å². The standard InChI is InChI=1S/C15H16N4O/c20-12-6-4-11(5-7-12)19-15-13(3-1-8-18-15)14-16-9-2-10-17-14/h1,3-8,20H,2,9-10H2,(H,16,17)(H,18,19). The normalized spacial score (nSPS) is 14.3. The van der Waals surface area contributed by atoms with Crippen molar-refractivity contribution in [1.82, 2.24) is 10.3 Å². The molecule has 0 saturated heterocycles. The fraction of sp³-hybridized carbons (Fsp3) is 0.200. The van der Waals surface area contributed by atoms with Crippen molar-refractivity contribution in [2.75, 3.05) is 18.4 Å². The summed E-state index contributed by atoms with van der Waals surface area (Å²) in [5, 5.41) is 15.9. The molecule has 0 amide bonds. The third kappa shape index (κ3) is 2.71. The van der Waals surface area contributed by atoms with Crippen LogP contribution in [0, 0.1) is 0 Å². The number of nitrogens with zero attached hydrogens (tertiary/aromatic N) is 2. The summed E-state index contributed by atoms with van der Waals surface area (Å²) in [6.07, 6.45) is 2.81. The summed E-state index contributed by atoms with van der Waals surface area (Å²) < 4.78 is 0. The van der Waals surface area contributed by atoms with Crippen LogP contribution in [0.1, 0.15) is 12.0 Å². The van der Waals surface area contributed by atoms with Gasteiger partial charge in [0.2, 0.25) is 0 Å². The number of rotatable bonds is 3. The molecule has 0 unspecified atom stereocenters. The summed E-state index contributed by atoms with van der Waals surface area (Å²) in [5.41, 5.74) is 1.83. The molecule has 1 aromatic carbocycles. The van der Waals surface area contributed by atoms with E-state index in [4.69, 9.17) is 0 Å². The molecule has 0 bridgehead atoms. The topological polar surface area (TPSA) is 69.5 Å². The zero-order valence-electron chi connectivity index (χ0n) is 11.0. The molecule has 3 rings (SSSR count). The fourth-order valence-electron chi connectivity index (χ4n) is 2.09. The highest BCUT2D eigenvalue weighted by molar-refractivity contribution is 6.03. The Morgan fingerprint density at radius 3 is 2.75 bits per heavy atom. The SMILES string of the molecule is Oc1ccc(Nc2ncccc2C2=NCCCN2)cc1. The van der Waals surface area contributed by atoms with Crippen LogP contribution in [-0.4, -0.2) is 29.0 Å². The second-order valence-electron chi connectivity index (χ2n) is 4.58. The number of hydrogen-bond donors (Lipinski definition) is 3. The highest BCUT2D eigenvalue weighted by atomic mass is 16.3. The number of pyridine rings is 1. The van der Waals surface area contributed by atoms with Gasteiger partial charge in [0, 0.05) is 25.0 Å². The van der Waals surface area contributed by atoms with Gasteiger partial charge < -0.3 is 15.7 Å². The van der Waals surface area contributed by atoms with Crippen LogP contribution in [0.3, 0.4) is 0 Å². The van der Waals surface area contributed by atoms with E-state index < -0.39 is 0 Å². The summed E-state index contributed by atoms with van der Waals surface area (Å²) in [4.78, 5) is 8.88. The molecule has 0 aliphatic carbocycles. The van der Waals surface area contributed by atoms with Gasteiger partial charge >= 0.3 is 0 Å². The van der Waals surface area contributed by atoms with E-state index in [0.717, 1.165) is 42.4 Å². The average Bonchev–Trinajstić information content (AvgIpc) is 2.51. The van der Waals surface area contributed by atoms with Gasteiger partial charge in [0.15, 0.2) is 0 Å². The van der Waals surface area contributed by atoms with Crippen molar-refractivity contribution in [1.29, 1.82) is 0 Å². The summed E-state index contributed by atoms with van der Waals surface area (Å²) in [7, 11) is 0. The minimum atomic E-state index is 0.245. The van der Waals surface area contributed by atoms with Crippen LogP contribution in [0.2, 0.25) is 0 Å². The van der Waals surface area contributed by atoms with Crippen molar-refractivity contribution in [3.8, 4) is 5.75 Å². The molecule has 20 heavy (non-hydrogen) atoms. The van der Waals surface area contributed by atoms with E-state index in [2.05, 4.69) is 20.6 Å². The van der Waals surface area contributed by atoms with Crippen LogP contribution in [0.4, 0.5) is 11.5 Å². The van der Waals surface area contributed by atoms with E-state index in [9.17, 15) is 5.11 Å². The molecule has 102 valence electrons. The maximum atomic E-state index is 9.31. The zero-order valence-corrected chi connectivity index (χ0v) is 11.0. The Balaban J connectivity index is 1.89. The molecule has 5 nitrogen and oxygen atoms in total. The first-order valence-electron chi connectivity index (χ1n) is 6.63. The number of benzene rings is 1. The maximum Gasteiger partial charge on any atom is 0.141 e. The molecular weight excluding hydrogens is 252 g/mol. The third-order valence-corrected chi connectivity index (χ3v) is 3.09. The Morgan fingerprint density at radius 1 is 1.15 bits per heavy atom. The first-order chi connectivity index (χ1) is 9.83. The van der Waals surface area contributed by atoms with E-state index in [1.165, 1.54) is 0 Å². The predicted molar refractivity (Wildman–Crippen MR) is 79.7 cm³/mol. The molecule has 1 aliphatic rings. The number of aromatic nitrogens is 1. The molecule has 0 fully saturated rings. The lowest BCUT2D eigenvalue weighted by molar-refractivity contribution is 0.475. The van der Waals surface area contributed by atoms with Crippen molar-refractivity contribution in [2.24, 2.45) is 4.99 Å². The molecule has 0 saturated carbocycles. The van der Waals surface area contributed by atoms with Gasteiger partial charge in [-0.2, -0.15) is 0 Å². The highest BCUT2D eigenvalue weighted by Crippen LogP contribution is 2.21. The second kappa shape index (κ2) is 5.61. The highest BCUT2D eigenvalue weighted by Gasteiger charge is 2.12. The predicted octanol–water partition coefficient (Wildman–Crippen LogP) is 2.27. The van der Waals surface area contributed by atoms with Crippen LogP contribution in [0.5, 0.6) is 5.75 Å². The number of aromatic hydroxyl groups is 1. The van der Waals surface area contributed by atoms with Crippen molar-refractivity contribution >= 4 is 17.3 Å². The molecular formula is C15H16N4O. The van der Waals surface area contributed by atoms with E-state index in [-0.39, 0.29) is 5.75 Å². The first kappa shape index (κ1) is 12.5. The first-order valence-corrected chi connectivity index (χ1v) is 6.63. The molecule has 0 spiro atoms. The maximum absolute atomic E-state index is 9.31. The van der Waals surface area contributed by atoms with Gasteiger partial charge in [-0.3, -0.25) is 4.99 Å². The van der Waals surface area contributed by atoms with E-state index in [1.807, 2.05) is 24.3 Å². The van der Waals surface area contributed by atoms with Gasteiger partial charge in [-0.1, -0.05) is 0 Å². The van der Waals surface area contributed by atoms with Gasteiger partial charge in [-0.25, -0.2) is 4.98 Å². The van der Waals surface area contributed by atoms with Gasteiger partial charge in [-0.05, 0) is 42.8 Å². The van der Waals surface area contributed by atoms with E-state index >= 15 is 0 Å². The Labute approximate surface area is 117 Å². The van der Waals surface area contributed by atoms with Crippen LogP contribution >= 0.6 is 0 Å². The summed E-state index contributed by atoms with van der Waals surface area (Å²) in [6.45, 7) is 1.78. The summed E-state index contributed by atoms with van der Waals surface area (Å²) in [5.74, 6) is 1.88. The molecule has 5 heteroatoms. The number of nitrogens with one attached hydrogen (secondary N) is 2. The van der Waals surface area contributed by atoms with Gasteiger partial charge in [0.25, 0.3) is 0 Å². The number of amidine groups is 1. The Kier molecular flexibility index (Phi) is 3.50. The zero-order chi connectivity index (χ0) is 13.8. The lowest BCUT2D eigenvalue weighted by Gasteiger charge is -2.17. The van der Waals surface area contributed by atoms with E-state index in [0.29, 0.717) is 0 Å². The molecule has 1 aliphatic heterocycles. The number of aliphatic imine (C=N–C) groups is 1. The Bertz CT molecular complexity index is 622. The number of phenolic OH excluding ortho intramolecular Hbond substituents is 1. The molecule has 0 radical (unpaired) electrons. The minimum Gasteiger partial charge on any atom is -0.508 e. The molecule has 1 aromatic heterocycles. The number of hydrogen-bond acceptors (Lipinski definition) is 5. The summed E-state index contributed by atoms with van der Waals surface area (Å²) >= 11 is 0. The van der Waals surface area contributed by atoms with Crippen molar-refractivity contribution in [3.05, 3.63) is 48.2 Å². The van der Waals surface area contributed by atoms with E-state index in [1.54, 1.807) is 18.3 Å². The lowest BCUT2D eigenvalue weighted by Crippen LogP contribution is -2.30. The van der Waals surface area contributed by atoms with Crippen molar-refractivity contribution in [3.63, 3.8) is 0 Å². The smallest absolute Gasteiger partial charge is 0.141 e. The fourth-order valence-corrected chi connectivity index (χ4v) is 2.09. The van der Waals surface area contributed by atoms with Gasteiger partial charge in [0.1, 0.15) is 17.4 Å². The van der Waals surface area contributed by atoms with Crippen LogP contribution in [0.25, 0.3) is 0 Å². The molecule has 2 aromatic rings. The number of anilines is 2. The van der Waals surface area contributed by atoms with Crippen molar-refractivity contribution < 1.29 is 5.11 Å². The quantitative estimate of drug-likeness (QED) is 0.747.